The number of imidazole rings is 2. The molecule has 208 valence electrons. The Bertz CT molecular complexity index is 1740. The Balaban J connectivity index is 1.28. The van der Waals surface area contributed by atoms with Gasteiger partial charge in [0.1, 0.15) is 11.4 Å². The zero-order valence-corrected chi connectivity index (χ0v) is 23.6. The molecule has 1 fully saturated rings. The van der Waals surface area contributed by atoms with Crippen molar-refractivity contribution in [3.63, 3.8) is 0 Å². The molecule has 0 amide bonds. The first-order chi connectivity index (χ1) is 20.0. The van der Waals surface area contributed by atoms with E-state index in [1.165, 1.54) is 32.1 Å². The summed E-state index contributed by atoms with van der Waals surface area (Å²) in [6, 6.07) is 4.10. The largest absolute Gasteiger partial charge is 0.358 e. The van der Waals surface area contributed by atoms with Crippen LogP contribution in [0.15, 0.2) is 74.3 Å². The lowest BCUT2D eigenvalue weighted by Crippen LogP contribution is -2.10. The molecule has 1 aliphatic rings. The minimum Gasteiger partial charge on any atom is -0.358 e. The van der Waals surface area contributed by atoms with Gasteiger partial charge < -0.3 is 14.9 Å². The van der Waals surface area contributed by atoms with Crippen molar-refractivity contribution in [2.45, 2.75) is 52.4 Å². The van der Waals surface area contributed by atoms with E-state index in [1.807, 2.05) is 49.1 Å². The third-order valence-corrected chi connectivity index (χ3v) is 7.68. The molecule has 0 spiro atoms. The fraction of sp³-hybridized carbons (Fsp3) is 0.281. The Labute approximate surface area is 239 Å². The first kappa shape index (κ1) is 26.4. The second kappa shape index (κ2) is 11.4. The van der Waals surface area contributed by atoms with Gasteiger partial charge in [-0.2, -0.15) is 5.10 Å². The Morgan fingerprint density at radius 3 is 2.76 bits per heavy atom. The molecule has 6 rings (SSSR count). The second-order valence-electron chi connectivity index (χ2n) is 10.9. The zero-order chi connectivity index (χ0) is 28.3. The van der Waals surface area contributed by atoms with Crippen LogP contribution in [-0.2, 0) is 0 Å². The summed E-state index contributed by atoms with van der Waals surface area (Å²) in [5, 5.41) is 12.1. The Hall–Kier alpha value is -4.79. The van der Waals surface area contributed by atoms with Crippen LogP contribution in [0.2, 0.25) is 0 Å². The maximum Gasteiger partial charge on any atom is 0.159 e. The molecule has 1 saturated carbocycles. The highest BCUT2D eigenvalue weighted by Crippen LogP contribution is 2.32. The summed E-state index contributed by atoms with van der Waals surface area (Å²) in [5.41, 5.74) is 8.75. The van der Waals surface area contributed by atoms with E-state index in [1.54, 1.807) is 18.6 Å². The molecule has 0 aliphatic heterocycles. The molecule has 9 nitrogen and oxygen atoms in total. The van der Waals surface area contributed by atoms with Gasteiger partial charge in [-0.1, -0.05) is 51.3 Å². The summed E-state index contributed by atoms with van der Waals surface area (Å²) in [7, 11) is 0. The average molecular weight is 546 g/mol. The van der Waals surface area contributed by atoms with Crippen molar-refractivity contribution in [3.05, 3.63) is 91.3 Å². The molecule has 5 aromatic heterocycles. The van der Waals surface area contributed by atoms with Crippen molar-refractivity contribution in [3.8, 4) is 22.8 Å². The smallest absolute Gasteiger partial charge is 0.159 e. The lowest BCUT2D eigenvalue weighted by molar-refractivity contribution is 0.357. The molecule has 0 saturated heterocycles. The molecule has 0 bridgehead atoms. The molecule has 0 radical (unpaired) electrons. The van der Waals surface area contributed by atoms with Crippen molar-refractivity contribution in [1.82, 2.24) is 39.7 Å². The van der Waals surface area contributed by atoms with Crippen molar-refractivity contribution < 1.29 is 0 Å². The molecule has 5 heterocycles. The molecular weight excluding hydrogens is 510 g/mol. The number of aromatic nitrogens is 8. The van der Waals surface area contributed by atoms with Crippen LogP contribution in [0.5, 0.6) is 0 Å². The minimum atomic E-state index is 0.667. The van der Waals surface area contributed by atoms with Crippen molar-refractivity contribution in [2.75, 3.05) is 5.32 Å². The second-order valence-corrected chi connectivity index (χ2v) is 10.9. The van der Waals surface area contributed by atoms with E-state index in [9.17, 15) is 0 Å². The Morgan fingerprint density at radius 2 is 1.98 bits per heavy atom. The van der Waals surface area contributed by atoms with Crippen LogP contribution in [0.3, 0.4) is 0 Å². The van der Waals surface area contributed by atoms with E-state index >= 15 is 0 Å². The summed E-state index contributed by atoms with van der Waals surface area (Å²) in [6.45, 7) is 12.1. The Morgan fingerprint density at radius 1 is 1.12 bits per heavy atom. The molecule has 41 heavy (non-hydrogen) atoms. The molecule has 0 aromatic carbocycles. The van der Waals surface area contributed by atoms with Crippen LogP contribution in [0.4, 0.5) is 5.69 Å². The van der Waals surface area contributed by atoms with Gasteiger partial charge in [0.2, 0.25) is 0 Å². The number of nitrogens with one attached hydrogen (secondary N) is 3. The van der Waals surface area contributed by atoms with Gasteiger partial charge in [0.15, 0.2) is 5.82 Å². The molecule has 0 unspecified atom stereocenters. The fourth-order valence-corrected chi connectivity index (χ4v) is 5.67. The summed E-state index contributed by atoms with van der Waals surface area (Å²) >= 11 is 0. The predicted molar refractivity (Wildman–Crippen MR) is 164 cm³/mol. The normalized spacial score (nSPS) is 14.4. The van der Waals surface area contributed by atoms with Gasteiger partial charge in [-0.05, 0) is 44.4 Å². The van der Waals surface area contributed by atoms with E-state index < -0.39 is 0 Å². The number of aryl methyl sites for hydroxylation is 2. The summed E-state index contributed by atoms with van der Waals surface area (Å²) in [6.07, 6.45) is 20.5. The van der Waals surface area contributed by atoms with Gasteiger partial charge in [0.25, 0.3) is 0 Å². The van der Waals surface area contributed by atoms with Crippen LogP contribution in [-0.4, -0.2) is 39.7 Å². The number of hydrogen-bond donors (Lipinski definition) is 3. The van der Waals surface area contributed by atoms with Crippen LogP contribution < -0.4 is 5.32 Å². The number of allylic oxidation sites excluding steroid dienone is 3. The quantitative estimate of drug-likeness (QED) is 0.169. The molecular formula is C32H35N9. The predicted octanol–water partition coefficient (Wildman–Crippen LogP) is 7.19. The average Bonchev–Trinajstić information content (AvgIpc) is 3.70. The number of rotatable bonds is 9. The van der Waals surface area contributed by atoms with E-state index in [0.717, 1.165) is 74.4 Å². The molecule has 5 aromatic rings. The van der Waals surface area contributed by atoms with Crippen LogP contribution in [0, 0.1) is 19.8 Å². The van der Waals surface area contributed by atoms with Crippen molar-refractivity contribution >= 4 is 22.3 Å². The first-order valence-electron chi connectivity index (χ1n) is 14.1. The minimum absolute atomic E-state index is 0.667. The van der Waals surface area contributed by atoms with E-state index in [2.05, 4.69) is 49.7 Å². The monoisotopic (exact) mass is 545 g/mol. The van der Waals surface area contributed by atoms with Gasteiger partial charge in [-0.25, -0.2) is 9.97 Å². The number of hydrogen-bond acceptors (Lipinski definition) is 6. The van der Waals surface area contributed by atoms with E-state index in [-0.39, 0.29) is 0 Å². The zero-order valence-electron chi connectivity index (χ0n) is 23.6. The molecule has 1 aliphatic carbocycles. The summed E-state index contributed by atoms with van der Waals surface area (Å²) in [5.74, 6) is 1.39. The maximum atomic E-state index is 4.95. The van der Waals surface area contributed by atoms with Gasteiger partial charge in [0, 0.05) is 34.7 Å². The topological polar surface area (TPSA) is 113 Å². The van der Waals surface area contributed by atoms with Crippen molar-refractivity contribution in [2.24, 2.45) is 5.92 Å². The van der Waals surface area contributed by atoms with Crippen molar-refractivity contribution in [1.29, 1.82) is 0 Å². The van der Waals surface area contributed by atoms with Gasteiger partial charge >= 0.3 is 0 Å². The lowest BCUT2D eigenvalue weighted by Gasteiger charge is -2.22. The van der Waals surface area contributed by atoms with Gasteiger partial charge in [0.05, 0.1) is 47.0 Å². The summed E-state index contributed by atoms with van der Waals surface area (Å²) in [4.78, 5) is 21.9. The van der Waals surface area contributed by atoms with Crippen LogP contribution >= 0.6 is 0 Å². The highest BCUT2D eigenvalue weighted by Gasteiger charge is 2.19. The number of fused-ring (bicyclic) bond motifs is 1. The molecule has 3 N–H and O–H groups in total. The highest BCUT2D eigenvalue weighted by molar-refractivity contribution is 5.93. The standard InChI is InChI=1S/C32H35N9/c1-5-9-29(41-18-21(3)35-19-41)30-22(4)37-32(38-30)31-26-14-27(34-17-28(26)39-40-31)24-13-25(16-33-15-24)36-20(2)12-23-10-7-6-8-11-23/h5,9,13-19,23,36H,1-2,6-8,10-12H2,3-4H3,(H,37,38)(H,39,40)/b29-9+. The number of nitrogens with zero attached hydrogens (tertiary/aromatic N) is 6. The molecule has 0 atom stereocenters. The number of anilines is 1. The van der Waals surface area contributed by atoms with Gasteiger partial charge in [-0.15, -0.1) is 0 Å². The summed E-state index contributed by atoms with van der Waals surface area (Å²) < 4.78 is 1.95. The lowest BCUT2D eigenvalue weighted by atomic mass is 9.86. The van der Waals surface area contributed by atoms with E-state index in [0.29, 0.717) is 5.82 Å². The first-order valence-corrected chi connectivity index (χ1v) is 14.1. The van der Waals surface area contributed by atoms with Crippen LogP contribution in [0.1, 0.15) is 55.6 Å². The Kier molecular flexibility index (Phi) is 7.33. The number of H-pyrrole nitrogens is 2. The SMILES string of the molecule is C=C/C=C(\c1nc(-c2n[nH]c3cnc(-c4cncc(NC(=C)CC5CCCCC5)c4)cc23)[nH]c1C)n1cnc(C)c1. The highest BCUT2D eigenvalue weighted by atomic mass is 15.1. The number of pyridine rings is 2. The fourth-order valence-electron chi connectivity index (χ4n) is 5.67. The third-order valence-electron chi connectivity index (χ3n) is 7.68. The number of aromatic amines is 2. The van der Waals surface area contributed by atoms with E-state index in [4.69, 9.17) is 9.97 Å². The van der Waals surface area contributed by atoms with Gasteiger partial charge in [-0.3, -0.25) is 15.1 Å². The maximum absolute atomic E-state index is 4.95. The third kappa shape index (κ3) is 5.61. The van der Waals surface area contributed by atoms with Crippen LogP contribution in [0.25, 0.3) is 39.4 Å². The molecule has 9 heteroatoms.